The van der Waals surface area contributed by atoms with Crippen LogP contribution in [0, 0.1) is 11.8 Å². The van der Waals surface area contributed by atoms with Crippen LogP contribution >= 0.6 is 0 Å². The second-order valence-corrected chi connectivity index (χ2v) is 7.55. The molecule has 0 radical (unpaired) electrons. The van der Waals surface area contributed by atoms with Crippen molar-refractivity contribution in [1.29, 1.82) is 0 Å². The largest absolute Gasteiger partial charge is 0.480 e. The third-order valence-corrected chi connectivity index (χ3v) is 6.06. The maximum absolute atomic E-state index is 13.2. The van der Waals surface area contributed by atoms with E-state index >= 15 is 0 Å². The monoisotopic (exact) mass is 369 g/mol. The number of likely N-dealkylation sites (tertiary alicyclic amines) is 1. The number of methoxy groups -OCH3 is 1. The van der Waals surface area contributed by atoms with Crippen LogP contribution in [-0.4, -0.2) is 51.0 Å². The van der Waals surface area contributed by atoms with E-state index in [1.54, 1.807) is 30.1 Å². The summed E-state index contributed by atoms with van der Waals surface area (Å²) in [5, 5.41) is 12.6. The smallest absolute Gasteiger partial charge is 0.257 e. The van der Waals surface area contributed by atoms with Gasteiger partial charge < -0.3 is 9.64 Å². The molecule has 0 spiro atoms. The lowest BCUT2D eigenvalue weighted by Gasteiger charge is -2.41. The van der Waals surface area contributed by atoms with Gasteiger partial charge in [0.05, 0.1) is 24.6 Å². The van der Waals surface area contributed by atoms with Gasteiger partial charge in [-0.3, -0.25) is 4.79 Å². The van der Waals surface area contributed by atoms with Crippen LogP contribution in [0.5, 0.6) is 5.88 Å². The van der Waals surface area contributed by atoms with Crippen molar-refractivity contribution in [2.24, 2.45) is 11.8 Å². The Morgan fingerprint density at radius 3 is 2.70 bits per heavy atom. The summed E-state index contributed by atoms with van der Waals surface area (Å²) in [4.78, 5) is 15.3. The molecule has 2 aromatic heterocycles. The van der Waals surface area contributed by atoms with Crippen LogP contribution in [0.2, 0.25) is 0 Å². The fourth-order valence-corrected chi connectivity index (χ4v) is 4.58. The number of rotatable bonds is 4. The summed E-state index contributed by atoms with van der Waals surface area (Å²) < 4.78 is 6.78. The summed E-state index contributed by atoms with van der Waals surface area (Å²) in [5.41, 5.74) is 1.56. The van der Waals surface area contributed by atoms with Crippen molar-refractivity contribution >= 4 is 5.91 Å². The molecule has 1 saturated carbocycles. The number of carbonyl (C=O) groups is 1. The molecular weight excluding hydrogens is 342 g/mol. The number of hydrogen-bond donors (Lipinski definition) is 0. The molecule has 2 fully saturated rings. The lowest BCUT2D eigenvalue weighted by molar-refractivity contribution is 0.0520. The Balaban J connectivity index is 1.56. The molecule has 0 bridgehead atoms. The van der Waals surface area contributed by atoms with Gasteiger partial charge in [-0.15, -0.1) is 10.2 Å². The normalized spacial score (nSPS) is 22.4. The van der Waals surface area contributed by atoms with Gasteiger partial charge in [0.1, 0.15) is 0 Å². The van der Waals surface area contributed by atoms with Crippen molar-refractivity contribution in [1.82, 2.24) is 24.9 Å². The zero-order valence-corrected chi connectivity index (χ0v) is 16.1. The standard InChI is InChI=1S/C20H27N5O2/c1-3-17-16(12-21-25(17)18-8-9-19(27-2)23-22-18)20(26)24-11-10-14-6-4-5-7-15(14)13-24/h8-9,12,14-15H,3-7,10-11,13H2,1-2H3/t14-,15-/m0/s1. The number of nitrogens with zero attached hydrogens (tertiary/aromatic N) is 5. The molecule has 0 unspecified atom stereocenters. The summed E-state index contributed by atoms with van der Waals surface area (Å²) in [6.45, 7) is 3.78. The van der Waals surface area contributed by atoms with Crippen LogP contribution in [0.1, 0.15) is 55.1 Å². The highest BCUT2D eigenvalue weighted by Crippen LogP contribution is 2.36. The molecule has 7 nitrogen and oxygen atoms in total. The molecule has 2 atom stereocenters. The molecule has 0 aromatic carbocycles. The highest BCUT2D eigenvalue weighted by molar-refractivity contribution is 5.95. The molecule has 2 aromatic rings. The summed E-state index contributed by atoms with van der Waals surface area (Å²) in [7, 11) is 1.56. The summed E-state index contributed by atoms with van der Waals surface area (Å²) >= 11 is 0. The Morgan fingerprint density at radius 1 is 1.19 bits per heavy atom. The van der Waals surface area contributed by atoms with E-state index in [0.717, 1.165) is 31.1 Å². The molecule has 7 heteroatoms. The van der Waals surface area contributed by atoms with Gasteiger partial charge in [-0.2, -0.15) is 5.10 Å². The topological polar surface area (TPSA) is 73.1 Å². The minimum Gasteiger partial charge on any atom is -0.480 e. The number of piperidine rings is 1. The highest BCUT2D eigenvalue weighted by Gasteiger charge is 2.34. The maximum atomic E-state index is 13.2. The average molecular weight is 369 g/mol. The van der Waals surface area contributed by atoms with Crippen molar-refractivity contribution in [2.45, 2.75) is 45.4 Å². The van der Waals surface area contributed by atoms with E-state index in [1.165, 1.54) is 25.7 Å². The molecule has 144 valence electrons. The summed E-state index contributed by atoms with van der Waals surface area (Å²) in [6, 6.07) is 3.55. The van der Waals surface area contributed by atoms with Gasteiger partial charge in [0.15, 0.2) is 5.82 Å². The predicted octanol–water partition coefficient (Wildman–Crippen LogP) is 2.89. The second kappa shape index (κ2) is 7.66. The third-order valence-electron chi connectivity index (χ3n) is 6.06. The van der Waals surface area contributed by atoms with Crippen LogP contribution < -0.4 is 4.74 Å². The van der Waals surface area contributed by atoms with Crippen molar-refractivity contribution < 1.29 is 9.53 Å². The van der Waals surface area contributed by atoms with E-state index in [4.69, 9.17) is 4.74 Å². The van der Waals surface area contributed by atoms with Crippen molar-refractivity contribution in [3.8, 4) is 11.7 Å². The number of fused-ring (bicyclic) bond motifs is 1. The molecule has 1 aliphatic heterocycles. The molecule has 1 aliphatic carbocycles. The Hall–Kier alpha value is -2.44. The van der Waals surface area contributed by atoms with E-state index in [9.17, 15) is 4.79 Å². The first-order chi connectivity index (χ1) is 13.2. The van der Waals surface area contributed by atoms with E-state index in [2.05, 4.69) is 15.3 Å². The van der Waals surface area contributed by atoms with Gasteiger partial charge in [0, 0.05) is 19.2 Å². The van der Waals surface area contributed by atoms with Crippen molar-refractivity contribution in [3.63, 3.8) is 0 Å². The molecule has 3 heterocycles. The van der Waals surface area contributed by atoms with Crippen LogP contribution in [-0.2, 0) is 6.42 Å². The Morgan fingerprint density at radius 2 is 2.00 bits per heavy atom. The minimum atomic E-state index is 0.101. The number of carbonyl (C=O) groups excluding carboxylic acids is 1. The fraction of sp³-hybridized carbons (Fsp3) is 0.600. The maximum Gasteiger partial charge on any atom is 0.257 e. The first kappa shape index (κ1) is 17.9. The zero-order valence-electron chi connectivity index (χ0n) is 16.1. The van der Waals surface area contributed by atoms with E-state index in [1.807, 2.05) is 11.8 Å². The van der Waals surface area contributed by atoms with Crippen molar-refractivity contribution in [3.05, 3.63) is 29.6 Å². The lowest BCUT2D eigenvalue weighted by Crippen LogP contribution is -2.44. The third kappa shape index (κ3) is 3.42. The number of amides is 1. The van der Waals surface area contributed by atoms with Gasteiger partial charge in [-0.25, -0.2) is 4.68 Å². The van der Waals surface area contributed by atoms with Crippen LogP contribution in [0.3, 0.4) is 0 Å². The van der Waals surface area contributed by atoms with Crippen LogP contribution in [0.4, 0.5) is 0 Å². The molecule has 1 amide bonds. The SMILES string of the molecule is CCc1c(C(=O)N2CC[C@@H]3CCCC[C@H]3C2)cnn1-c1ccc(OC)nn1. The Labute approximate surface area is 159 Å². The molecule has 0 N–H and O–H groups in total. The average Bonchev–Trinajstić information content (AvgIpc) is 3.17. The molecule has 2 aliphatic rings. The number of hydrogen-bond acceptors (Lipinski definition) is 5. The first-order valence-corrected chi connectivity index (χ1v) is 9.95. The lowest BCUT2D eigenvalue weighted by atomic mass is 9.75. The van der Waals surface area contributed by atoms with Gasteiger partial charge in [-0.05, 0) is 37.2 Å². The number of ether oxygens (including phenoxy) is 1. The van der Waals surface area contributed by atoms with E-state index in [0.29, 0.717) is 29.6 Å². The van der Waals surface area contributed by atoms with Crippen molar-refractivity contribution in [2.75, 3.05) is 20.2 Å². The first-order valence-electron chi connectivity index (χ1n) is 9.95. The van der Waals surface area contributed by atoms with Crippen LogP contribution in [0.25, 0.3) is 5.82 Å². The van der Waals surface area contributed by atoms with Gasteiger partial charge in [-0.1, -0.05) is 26.2 Å². The molecule has 27 heavy (non-hydrogen) atoms. The quantitative estimate of drug-likeness (QED) is 0.828. The number of aromatic nitrogens is 4. The van der Waals surface area contributed by atoms with Gasteiger partial charge in [0.2, 0.25) is 5.88 Å². The molecular formula is C20H27N5O2. The van der Waals surface area contributed by atoms with E-state index < -0.39 is 0 Å². The highest BCUT2D eigenvalue weighted by atomic mass is 16.5. The predicted molar refractivity (Wildman–Crippen MR) is 101 cm³/mol. The molecule has 4 rings (SSSR count). The zero-order chi connectivity index (χ0) is 18.8. The second-order valence-electron chi connectivity index (χ2n) is 7.55. The van der Waals surface area contributed by atoms with Gasteiger partial charge >= 0.3 is 0 Å². The minimum absolute atomic E-state index is 0.101. The van der Waals surface area contributed by atoms with Gasteiger partial charge in [0.25, 0.3) is 5.91 Å². The summed E-state index contributed by atoms with van der Waals surface area (Å²) in [5.74, 6) is 2.63. The Kier molecular flexibility index (Phi) is 5.09. The fourth-order valence-electron chi connectivity index (χ4n) is 4.58. The van der Waals surface area contributed by atoms with E-state index in [-0.39, 0.29) is 5.91 Å². The van der Waals surface area contributed by atoms with Crippen LogP contribution in [0.15, 0.2) is 18.3 Å². The molecule has 1 saturated heterocycles. The summed E-state index contributed by atoms with van der Waals surface area (Å²) in [6.07, 6.45) is 8.77. The Bertz CT molecular complexity index is 801.